The largest absolute Gasteiger partial charge is 0.387 e. The zero-order valence-electron chi connectivity index (χ0n) is 9.61. The molecule has 0 bridgehead atoms. The summed E-state index contributed by atoms with van der Waals surface area (Å²) in [6.45, 7) is 4.24. The molecule has 1 aromatic rings. The van der Waals surface area contributed by atoms with Gasteiger partial charge in [0.15, 0.2) is 0 Å². The number of nitrogens with two attached hydrogens (primary N) is 1. The van der Waals surface area contributed by atoms with Crippen molar-refractivity contribution in [2.75, 3.05) is 0 Å². The number of hydrogen-bond donors (Lipinski definition) is 1. The first-order valence-electron chi connectivity index (χ1n) is 5.61. The van der Waals surface area contributed by atoms with Gasteiger partial charge < -0.3 is 5.73 Å². The molecule has 1 rings (SSSR count). The van der Waals surface area contributed by atoms with E-state index in [0.717, 1.165) is 25.1 Å². The van der Waals surface area contributed by atoms with Crippen LogP contribution in [-0.2, 0) is 0 Å². The summed E-state index contributed by atoms with van der Waals surface area (Å²) < 4.78 is 0. The first kappa shape index (κ1) is 11.8. The fourth-order valence-electron chi connectivity index (χ4n) is 1.48. The molecule has 0 heterocycles. The summed E-state index contributed by atoms with van der Waals surface area (Å²) in [5.41, 5.74) is 7.07. The standard InChI is InChI=1S/C13H20N2/c1-3-4-10-13(14)15-11(2)12-8-6-5-7-9-12/h5-9,11H,3-4,10H2,1-2H3,(H2,14,15). The molecule has 0 aliphatic carbocycles. The first-order chi connectivity index (χ1) is 7.24. The van der Waals surface area contributed by atoms with Crippen molar-refractivity contribution in [2.45, 2.75) is 39.2 Å². The van der Waals surface area contributed by atoms with Crippen LogP contribution in [0.3, 0.4) is 0 Å². The lowest BCUT2D eigenvalue weighted by Gasteiger charge is -2.08. The zero-order chi connectivity index (χ0) is 11.1. The molecule has 15 heavy (non-hydrogen) atoms. The normalized spacial score (nSPS) is 13.9. The Morgan fingerprint density at radius 3 is 2.60 bits per heavy atom. The number of hydrogen-bond acceptors (Lipinski definition) is 1. The molecule has 0 fully saturated rings. The van der Waals surface area contributed by atoms with Gasteiger partial charge in [-0.2, -0.15) is 0 Å². The van der Waals surface area contributed by atoms with E-state index in [0.29, 0.717) is 0 Å². The molecule has 0 amide bonds. The predicted molar refractivity (Wildman–Crippen MR) is 66.0 cm³/mol. The van der Waals surface area contributed by atoms with Crippen LogP contribution in [0.25, 0.3) is 0 Å². The minimum Gasteiger partial charge on any atom is -0.387 e. The lowest BCUT2D eigenvalue weighted by Crippen LogP contribution is -2.12. The van der Waals surface area contributed by atoms with Crippen molar-refractivity contribution in [1.82, 2.24) is 0 Å². The van der Waals surface area contributed by atoms with Crippen LogP contribution in [0, 0.1) is 0 Å². The van der Waals surface area contributed by atoms with Crippen molar-refractivity contribution in [3.05, 3.63) is 35.9 Å². The van der Waals surface area contributed by atoms with Crippen molar-refractivity contribution in [2.24, 2.45) is 10.7 Å². The van der Waals surface area contributed by atoms with E-state index in [2.05, 4.69) is 31.0 Å². The SMILES string of the molecule is CCCCC(N)=NC(C)c1ccccc1. The molecular weight excluding hydrogens is 184 g/mol. The topological polar surface area (TPSA) is 38.4 Å². The van der Waals surface area contributed by atoms with Crippen LogP contribution in [0.5, 0.6) is 0 Å². The summed E-state index contributed by atoms with van der Waals surface area (Å²) in [6.07, 6.45) is 3.19. The highest BCUT2D eigenvalue weighted by molar-refractivity contribution is 5.80. The highest BCUT2D eigenvalue weighted by Crippen LogP contribution is 2.16. The van der Waals surface area contributed by atoms with Gasteiger partial charge in [-0.05, 0) is 18.9 Å². The fourth-order valence-corrected chi connectivity index (χ4v) is 1.48. The average Bonchev–Trinajstić information content (AvgIpc) is 2.27. The van der Waals surface area contributed by atoms with Gasteiger partial charge in [0, 0.05) is 6.42 Å². The van der Waals surface area contributed by atoms with Gasteiger partial charge in [0.1, 0.15) is 0 Å². The highest BCUT2D eigenvalue weighted by Gasteiger charge is 2.02. The summed E-state index contributed by atoms with van der Waals surface area (Å²) in [4.78, 5) is 4.48. The van der Waals surface area contributed by atoms with Crippen LogP contribution in [0.4, 0.5) is 0 Å². The third-order valence-electron chi connectivity index (χ3n) is 2.43. The molecule has 1 aromatic carbocycles. The monoisotopic (exact) mass is 204 g/mol. The van der Waals surface area contributed by atoms with Crippen molar-refractivity contribution >= 4 is 5.84 Å². The second kappa shape index (κ2) is 6.23. The Bertz CT molecular complexity index is 304. The molecule has 0 aliphatic rings. The van der Waals surface area contributed by atoms with Gasteiger partial charge in [0.25, 0.3) is 0 Å². The van der Waals surface area contributed by atoms with Gasteiger partial charge >= 0.3 is 0 Å². The van der Waals surface area contributed by atoms with E-state index in [1.807, 2.05) is 18.2 Å². The van der Waals surface area contributed by atoms with Gasteiger partial charge in [0.05, 0.1) is 11.9 Å². The summed E-state index contributed by atoms with van der Waals surface area (Å²) in [5.74, 6) is 0.771. The molecule has 0 saturated heterocycles. The number of rotatable bonds is 5. The Morgan fingerprint density at radius 2 is 2.00 bits per heavy atom. The number of benzene rings is 1. The van der Waals surface area contributed by atoms with E-state index in [1.165, 1.54) is 5.56 Å². The number of aliphatic imine (C=N–C) groups is 1. The Morgan fingerprint density at radius 1 is 1.33 bits per heavy atom. The molecule has 2 N–H and O–H groups in total. The maximum atomic E-state index is 5.85. The summed E-state index contributed by atoms with van der Waals surface area (Å²) in [7, 11) is 0. The minimum absolute atomic E-state index is 0.169. The van der Waals surface area contributed by atoms with E-state index < -0.39 is 0 Å². The van der Waals surface area contributed by atoms with E-state index in [1.54, 1.807) is 0 Å². The van der Waals surface area contributed by atoms with Gasteiger partial charge in [0.2, 0.25) is 0 Å². The van der Waals surface area contributed by atoms with Crippen molar-refractivity contribution < 1.29 is 0 Å². The third kappa shape index (κ3) is 4.15. The maximum absolute atomic E-state index is 5.85. The second-order valence-corrected chi connectivity index (χ2v) is 3.81. The zero-order valence-corrected chi connectivity index (χ0v) is 9.61. The second-order valence-electron chi connectivity index (χ2n) is 3.81. The lowest BCUT2D eigenvalue weighted by atomic mass is 10.1. The van der Waals surface area contributed by atoms with E-state index in [4.69, 9.17) is 5.73 Å². The highest BCUT2D eigenvalue weighted by atomic mass is 14.9. The van der Waals surface area contributed by atoms with Crippen molar-refractivity contribution in [3.63, 3.8) is 0 Å². The molecule has 0 spiro atoms. The molecule has 0 saturated carbocycles. The fraction of sp³-hybridized carbons (Fsp3) is 0.462. The Balaban J connectivity index is 2.58. The smallest absolute Gasteiger partial charge is 0.0944 e. The van der Waals surface area contributed by atoms with Crippen LogP contribution in [0.15, 0.2) is 35.3 Å². The van der Waals surface area contributed by atoms with Crippen LogP contribution in [-0.4, -0.2) is 5.84 Å². The maximum Gasteiger partial charge on any atom is 0.0944 e. The van der Waals surface area contributed by atoms with Gasteiger partial charge in [-0.3, -0.25) is 4.99 Å². The van der Waals surface area contributed by atoms with Crippen LogP contribution < -0.4 is 5.73 Å². The van der Waals surface area contributed by atoms with Crippen molar-refractivity contribution in [3.8, 4) is 0 Å². The Labute approximate surface area is 92.2 Å². The van der Waals surface area contributed by atoms with Gasteiger partial charge in [-0.1, -0.05) is 43.7 Å². The first-order valence-corrected chi connectivity index (χ1v) is 5.61. The van der Waals surface area contributed by atoms with E-state index in [-0.39, 0.29) is 6.04 Å². The molecule has 2 nitrogen and oxygen atoms in total. The summed E-state index contributed by atoms with van der Waals surface area (Å²) in [6, 6.07) is 10.4. The number of unbranched alkanes of at least 4 members (excludes halogenated alkanes) is 1. The molecular formula is C13H20N2. The van der Waals surface area contributed by atoms with Gasteiger partial charge in [-0.15, -0.1) is 0 Å². The molecule has 0 aromatic heterocycles. The lowest BCUT2D eigenvalue weighted by molar-refractivity contribution is 0.785. The molecule has 1 unspecified atom stereocenters. The Hall–Kier alpha value is -1.31. The van der Waals surface area contributed by atoms with E-state index in [9.17, 15) is 0 Å². The van der Waals surface area contributed by atoms with E-state index >= 15 is 0 Å². The van der Waals surface area contributed by atoms with Crippen LogP contribution in [0.1, 0.15) is 44.7 Å². The average molecular weight is 204 g/mol. The summed E-state index contributed by atoms with van der Waals surface area (Å²) >= 11 is 0. The number of amidine groups is 1. The number of nitrogens with zero attached hydrogens (tertiary/aromatic N) is 1. The summed E-state index contributed by atoms with van der Waals surface area (Å²) in [5, 5.41) is 0. The molecule has 82 valence electrons. The van der Waals surface area contributed by atoms with Gasteiger partial charge in [-0.25, -0.2) is 0 Å². The van der Waals surface area contributed by atoms with Crippen LogP contribution in [0.2, 0.25) is 0 Å². The molecule has 2 heteroatoms. The molecule has 0 aliphatic heterocycles. The molecule has 0 radical (unpaired) electrons. The van der Waals surface area contributed by atoms with Crippen molar-refractivity contribution in [1.29, 1.82) is 0 Å². The third-order valence-corrected chi connectivity index (χ3v) is 2.43. The predicted octanol–water partition coefficient (Wildman–Crippen LogP) is 3.30. The quantitative estimate of drug-likeness (QED) is 0.580. The molecule has 1 atom stereocenters. The Kier molecular flexibility index (Phi) is 4.88. The minimum atomic E-state index is 0.169. The van der Waals surface area contributed by atoms with Crippen LogP contribution >= 0.6 is 0 Å².